The van der Waals surface area contributed by atoms with Crippen molar-refractivity contribution in [2.24, 2.45) is 11.8 Å². The van der Waals surface area contributed by atoms with E-state index in [0.29, 0.717) is 5.54 Å². The summed E-state index contributed by atoms with van der Waals surface area (Å²) < 4.78 is 0. The summed E-state index contributed by atoms with van der Waals surface area (Å²) in [5.41, 5.74) is 0.483. The van der Waals surface area contributed by atoms with E-state index in [-0.39, 0.29) is 0 Å². The smallest absolute Gasteiger partial charge is 0.0309 e. The standard InChI is InChI=1S/C17H32N2/c1-4-15-11-18-17(9-5-6-10-17)12-19(15)16-8-7-13(2)14(16)3/h13-16,18H,4-12H2,1-3H3. The van der Waals surface area contributed by atoms with Crippen LogP contribution in [0.15, 0.2) is 0 Å². The first-order valence-corrected chi connectivity index (χ1v) is 8.66. The van der Waals surface area contributed by atoms with Crippen LogP contribution in [0.3, 0.4) is 0 Å². The lowest BCUT2D eigenvalue weighted by Gasteiger charge is -2.50. The third kappa shape index (κ3) is 2.47. The third-order valence-corrected chi connectivity index (χ3v) is 6.55. The Morgan fingerprint density at radius 1 is 1.16 bits per heavy atom. The maximum atomic E-state index is 3.93. The fourth-order valence-corrected chi connectivity index (χ4v) is 4.95. The first-order chi connectivity index (χ1) is 9.15. The molecule has 3 aliphatic rings. The van der Waals surface area contributed by atoms with Gasteiger partial charge in [0.15, 0.2) is 0 Å². The van der Waals surface area contributed by atoms with Crippen molar-refractivity contribution < 1.29 is 0 Å². The second-order valence-electron chi connectivity index (χ2n) is 7.58. The highest BCUT2D eigenvalue weighted by molar-refractivity contribution is 5.03. The van der Waals surface area contributed by atoms with Crippen molar-refractivity contribution in [2.75, 3.05) is 13.1 Å². The van der Waals surface area contributed by atoms with Crippen LogP contribution in [0.25, 0.3) is 0 Å². The van der Waals surface area contributed by atoms with E-state index in [4.69, 9.17) is 0 Å². The second kappa shape index (κ2) is 5.37. The van der Waals surface area contributed by atoms with E-state index >= 15 is 0 Å². The van der Waals surface area contributed by atoms with Crippen molar-refractivity contribution in [1.29, 1.82) is 0 Å². The van der Waals surface area contributed by atoms with Crippen LogP contribution in [-0.2, 0) is 0 Å². The third-order valence-electron chi connectivity index (χ3n) is 6.55. The summed E-state index contributed by atoms with van der Waals surface area (Å²) in [6, 6.07) is 1.64. The van der Waals surface area contributed by atoms with Gasteiger partial charge in [0.25, 0.3) is 0 Å². The van der Waals surface area contributed by atoms with Crippen molar-refractivity contribution in [3.05, 3.63) is 0 Å². The van der Waals surface area contributed by atoms with Gasteiger partial charge >= 0.3 is 0 Å². The Morgan fingerprint density at radius 3 is 2.47 bits per heavy atom. The molecule has 0 bridgehead atoms. The molecule has 2 heteroatoms. The quantitative estimate of drug-likeness (QED) is 0.822. The molecule has 0 radical (unpaired) electrons. The number of hydrogen-bond acceptors (Lipinski definition) is 2. The lowest BCUT2D eigenvalue weighted by Crippen LogP contribution is -2.65. The van der Waals surface area contributed by atoms with E-state index in [1.165, 1.54) is 58.0 Å². The number of nitrogens with zero attached hydrogens (tertiary/aromatic N) is 1. The SMILES string of the molecule is CCC1CNC2(CCCC2)CN1C1CCC(C)C1C. The predicted molar refractivity (Wildman–Crippen MR) is 81.3 cm³/mol. The Labute approximate surface area is 119 Å². The Balaban J connectivity index is 1.75. The molecule has 1 N–H and O–H groups in total. The molecule has 0 aromatic rings. The van der Waals surface area contributed by atoms with Crippen molar-refractivity contribution in [2.45, 2.75) is 83.3 Å². The van der Waals surface area contributed by atoms with Crippen molar-refractivity contribution in [1.82, 2.24) is 10.2 Å². The van der Waals surface area contributed by atoms with E-state index in [1.807, 2.05) is 0 Å². The number of piperazine rings is 1. The summed E-state index contributed by atoms with van der Waals surface area (Å²) in [6.45, 7) is 9.88. The van der Waals surface area contributed by atoms with E-state index in [9.17, 15) is 0 Å². The average Bonchev–Trinajstić information content (AvgIpc) is 2.99. The van der Waals surface area contributed by atoms with Crippen LogP contribution in [0.4, 0.5) is 0 Å². The summed E-state index contributed by atoms with van der Waals surface area (Å²) in [5.74, 6) is 1.82. The zero-order valence-corrected chi connectivity index (χ0v) is 13.1. The predicted octanol–water partition coefficient (Wildman–Crippen LogP) is 3.42. The summed E-state index contributed by atoms with van der Waals surface area (Å²) in [6.07, 6.45) is 9.89. The van der Waals surface area contributed by atoms with Crippen LogP contribution in [0, 0.1) is 11.8 Å². The molecular formula is C17H32N2. The van der Waals surface area contributed by atoms with Crippen LogP contribution in [-0.4, -0.2) is 35.6 Å². The molecule has 2 nitrogen and oxygen atoms in total. The van der Waals surface area contributed by atoms with Crippen molar-refractivity contribution in [3.8, 4) is 0 Å². The number of hydrogen-bond donors (Lipinski definition) is 1. The fourth-order valence-electron chi connectivity index (χ4n) is 4.95. The molecule has 4 atom stereocenters. The normalized spacial score (nSPS) is 43.1. The number of nitrogens with one attached hydrogen (secondary N) is 1. The maximum Gasteiger partial charge on any atom is 0.0309 e. The first kappa shape index (κ1) is 13.9. The number of rotatable bonds is 2. The Bertz CT molecular complexity index is 308. The minimum Gasteiger partial charge on any atom is -0.308 e. The summed E-state index contributed by atoms with van der Waals surface area (Å²) in [5, 5.41) is 3.93. The molecule has 0 aromatic heterocycles. The van der Waals surface area contributed by atoms with Gasteiger partial charge in [-0.1, -0.05) is 33.6 Å². The van der Waals surface area contributed by atoms with Gasteiger partial charge in [0.05, 0.1) is 0 Å². The van der Waals surface area contributed by atoms with Crippen LogP contribution >= 0.6 is 0 Å². The zero-order chi connectivity index (χ0) is 13.5. The topological polar surface area (TPSA) is 15.3 Å². The van der Waals surface area contributed by atoms with Crippen LogP contribution < -0.4 is 5.32 Å². The molecule has 110 valence electrons. The summed E-state index contributed by atoms with van der Waals surface area (Å²) in [7, 11) is 0. The molecular weight excluding hydrogens is 232 g/mol. The highest BCUT2D eigenvalue weighted by Crippen LogP contribution is 2.40. The van der Waals surface area contributed by atoms with Crippen LogP contribution in [0.5, 0.6) is 0 Å². The van der Waals surface area contributed by atoms with Gasteiger partial charge < -0.3 is 5.32 Å². The monoisotopic (exact) mass is 264 g/mol. The van der Waals surface area contributed by atoms with Gasteiger partial charge in [-0.05, 0) is 43.9 Å². The second-order valence-corrected chi connectivity index (χ2v) is 7.58. The minimum absolute atomic E-state index is 0.483. The summed E-state index contributed by atoms with van der Waals surface area (Å²) in [4.78, 5) is 2.93. The molecule has 3 fully saturated rings. The largest absolute Gasteiger partial charge is 0.308 e. The van der Waals surface area contributed by atoms with E-state index in [1.54, 1.807) is 0 Å². The Hall–Kier alpha value is -0.0800. The lowest BCUT2D eigenvalue weighted by atomic mass is 9.88. The van der Waals surface area contributed by atoms with Crippen LogP contribution in [0.1, 0.15) is 65.7 Å². The molecule has 4 unspecified atom stereocenters. The van der Waals surface area contributed by atoms with Gasteiger partial charge in [-0.3, -0.25) is 4.90 Å². The van der Waals surface area contributed by atoms with Crippen LogP contribution in [0.2, 0.25) is 0 Å². The summed E-state index contributed by atoms with van der Waals surface area (Å²) >= 11 is 0. The van der Waals surface area contributed by atoms with Crippen molar-refractivity contribution >= 4 is 0 Å². The van der Waals surface area contributed by atoms with E-state index in [2.05, 4.69) is 31.0 Å². The molecule has 1 aliphatic heterocycles. The van der Waals surface area contributed by atoms with E-state index in [0.717, 1.165) is 23.9 Å². The van der Waals surface area contributed by atoms with E-state index < -0.39 is 0 Å². The average molecular weight is 264 g/mol. The molecule has 19 heavy (non-hydrogen) atoms. The molecule has 2 saturated carbocycles. The van der Waals surface area contributed by atoms with Gasteiger partial charge in [-0.2, -0.15) is 0 Å². The molecule has 1 saturated heterocycles. The van der Waals surface area contributed by atoms with Gasteiger partial charge in [0, 0.05) is 30.7 Å². The highest BCUT2D eigenvalue weighted by atomic mass is 15.3. The minimum atomic E-state index is 0.483. The first-order valence-electron chi connectivity index (χ1n) is 8.66. The zero-order valence-electron chi connectivity index (χ0n) is 13.1. The molecule has 1 spiro atoms. The Morgan fingerprint density at radius 2 is 1.89 bits per heavy atom. The Kier molecular flexibility index (Phi) is 3.92. The molecule has 0 amide bonds. The lowest BCUT2D eigenvalue weighted by molar-refractivity contribution is 0.0258. The highest BCUT2D eigenvalue weighted by Gasteiger charge is 2.45. The van der Waals surface area contributed by atoms with Gasteiger partial charge in [0.2, 0.25) is 0 Å². The van der Waals surface area contributed by atoms with Crippen molar-refractivity contribution in [3.63, 3.8) is 0 Å². The molecule has 0 aromatic carbocycles. The van der Waals surface area contributed by atoms with Gasteiger partial charge in [-0.15, -0.1) is 0 Å². The van der Waals surface area contributed by atoms with Gasteiger partial charge in [-0.25, -0.2) is 0 Å². The van der Waals surface area contributed by atoms with Gasteiger partial charge in [0.1, 0.15) is 0 Å². The molecule has 1 heterocycles. The maximum absolute atomic E-state index is 3.93. The molecule has 2 aliphatic carbocycles. The molecule has 3 rings (SSSR count). The fraction of sp³-hybridized carbons (Fsp3) is 1.00.